The van der Waals surface area contributed by atoms with Crippen molar-refractivity contribution in [2.75, 3.05) is 17.0 Å². The number of carboxylic acid groups (broad SMARTS) is 1. The number of carbonyl (C=O) groups excluding carboxylic acids is 2. The van der Waals surface area contributed by atoms with Crippen molar-refractivity contribution in [1.82, 2.24) is 5.32 Å². The van der Waals surface area contributed by atoms with Crippen LogP contribution in [0.4, 0.5) is 5.69 Å². The van der Waals surface area contributed by atoms with Crippen molar-refractivity contribution < 1.29 is 32.6 Å². The van der Waals surface area contributed by atoms with Crippen LogP contribution < -0.4 is 14.8 Å². The average Bonchev–Trinajstić information content (AvgIpc) is 2.76. The number of hydrogen-bond donors (Lipinski definition) is 3. The van der Waals surface area contributed by atoms with Crippen LogP contribution in [0.1, 0.15) is 44.5 Å². The maximum absolute atomic E-state index is 12.9. The molecule has 1 amide bonds. The molecule has 0 radical (unpaired) electrons. The molecule has 0 aromatic heterocycles. The van der Waals surface area contributed by atoms with Gasteiger partial charge in [-0.2, -0.15) is 0 Å². The maximum Gasteiger partial charge on any atom is 0.322 e. The summed E-state index contributed by atoms with van der Waals surface area (Å²) in [5, 5.41) is 11.1. The number of rotatable bonds is 10. The second kappa shape index (κ2) is 11.4. The van der Waals surface area contributed by atoms with Crippen LogP contribution in [0.3, 0.4) is 0 Å². The van der Waals surface area contributed by atoms with E-state index in [2.05, 4.69) is 10.0 Å². The molecule has 0 bridgehead atoms. The van der Waals surface area contributed by atoms with Gasteiger partial charge in [-0.05, 0) is 75.4 Å². The highest BCUT2D eigenvalue weighted by atomic mass is 32.2. The zero-order valence-electron chi connectivity index (χ0n) is 19.4. The van der Waals surface area contributed by atoms with Crippen LogP contribution in [0.25, 0.3) is 0 Å². The Morgan fingerprint density at radius 1 is 1.06 bits per heavy atom. The topological polar surface area (TPSA) is 139 Å². The van der Waals surface area contributed by atoms with Gasteiger partial charge in [-0.15, -0.1) is 11.8 Å². The van der Waals surface area contributed by atoms with E-state index in [1.807, 2.05) is 6.92 Å². The molecule has 2 aromatic carbocycles. The van der Waals surface area contributed by atoms with Crippen LogP contribution in [0.5, 0.6) is 5.75 Å². The van der Waals surface area contributed by atoms with Gasteiger partial charge in [-0.1, -0.05) is 6.92 Å². The number of anilines is 1. The molecule has 0 heterocycles. The Bertz CT molecular complexity index is 1150. The zero-order valence-corrected chi connectivity index (χ0v) is 21.0. The molecule has 0 saturated carbocycles. The molecule has 0 fully saturated rings. The van der Waals surface area contributed by atoms with E-state index in [4.69, 9.17) is 9.84 Å². The van der Waals surface area contributed by atoms with Gasteiger partial charge in [0, 0.05) is 4.90 Å². The second-order valence-corrected chi connectivity index (χ2v) is 11.2. The van der Waals surface area contributed by atoms with Crippen LogP contribution in [0.15, 0.2) is 52.3 Å². The highest BCUT2D eigenvalue weighted by Gasteiger charge is 2.24. The fraction of sp³-hybridized carbons (Fsp3) is 0.348. The predicted molar refractivity (Wildman–Crippen MR) is 130 cm³/mol. The van der Waals surface area contributed by atoms with E-state index in [-0.39, 0.29) is 21.9 Å². The van der Waals surface area contributed by atoms with Gasteiger partial charge in [0.15, 0.2) is 0 Å². The van der Waals surface area contributed by atoms with Crippen molar-refractivity contribution in [2.24, 2.45) is 5.41 Å². The monoisotopic (exact) mass is 508 g/mol. The third-order valence-electron chi connectivity index (χ3n) is 4.31. The minimum absolute atomic E-state index is 0.00153. The molecule has 0 unspecified atom stereocenters. The number of aliphatic carboxylic acids is 1. The third-order valence-corrected chi connectivity index (χ3v) is 6.89. The third kappa shape index (κ3) is 7.77. The Morgan fingerprint density at radius 2 is 1.71 bits per heavy atom. The lowest BCUT2D eigenvalue weighted by Gasteiger charge is -2.16. The summed E-state index contributed by atoms with van der Waals surface area (Å²) in [6, 6.07) is 9.95. The fourth-order valence-electron chi connectivity index (χ4n) is 2.51. The second-order valence-electron chi connectivity index (χ2n) is 8.35. The number of sulfonamides is 1. The van der Waals surface area contributed by atoms with E-state index in [1.165, 1.54) is 48.2 Å². The lowest BCUT2D eigenvalue weighted by molar-refractivity contribution is -0.143. The van der Waals surface area contributed by atoms with Crippen LogP contribution in [0.2, 0.25) is 0 Å². The molecule has 0 aliphatic rings. The zero-order chi connectivity index (χ0) is 25.5. The van der Waals surface area contributed by atoms with Gasteiger partial charge in [0.1, 0.15) is 12.3 Å². The first-order valence-electron chi connectivity index (χ1n) is 10.5. The number of amides is 1. The molecule has 11 heteroatoms. The van der Waals surface area contributed by atoms with E-state index in [9.17, 15) is 22.8 Å². The molecule has 0 spiro atoms. The molecule has 34 heavy (non-hydrogen) atoms. The Kier molecular flexibility index (Phi) is 9.11. The molecule has 2 rings (SSSR count). The standard InChI is InChI=1S/C23H28N2O7S2/c1-5-12-33-16-8-11-19(18(13-16)21(28)24-14-20(26)27)25-34(30,31)17-9-6-15(7-10-17)32-22(29)23(2,3)4/h6-11,13,25H,5,12,14H2,1-4H3,(H,24,28)(H,26,27). The number of nitrogens with one attached hydrogen (secondary N) is 2. The fourth-order valence-corrected chi connectivity index (χ4v) is 4.40. The predicted octanol–water partition coefficient (Wildman–Crippen LogP) is 3.76. The minimum Gasteiger partial charge on any atom is -0.480 e. The quantitative estimate of drug-likeness (QED) is 0.250. The first-order valence-corrected chi connectivity index (χ1v) is 12.9. The van der Waals surface area contributed by atoms with E-state index in [1.54, 1.807) is 26.8 Å². The van der Waals surface area contributed by atoms with Crippen molar-refractivity contribution in [3.8, 4) is 5.75 Å². The van der Waals surface area contributed by atoms with Crippen molar-refractivity contribution in [3.05, 3.63) is 48.0 Å². The van der Waals surface area contributed by atoms with Gasteiger partial charge in [0.2, 0.25) is 0 Å². The summed E-state index contributed by atoms with van der Waals surface area (Å²) in [7, 11) is -4.10. The smallest absolute Gasteiger partial charge is 0.322 e. The SMILES string of the molecule is CCCSc1ccc(NS(=O)(=O)c2ccc(OC(=O)C(C)(C)C)cc2)c(C(=O)NCC(=O)O)c1. The number of carbonyl (C=O) groups is 3. The van der Waals surface area contributed by atoms with E-state index in [0.717, 1.165) is 17.1 Å². The van der Waals surface area contributed by atoms with E-state index < -0.39 is 39.8 Å². The Morgan fingerprint density at radius 3 is 2.26 bits per heavy atom. The molecule has 184 valence electrons. The van der Waals surface area contributed by atoms with Crippen LogP contribution >= 0.6 is 11.8 Å². The Hall–Kier alpha value is -3.05. The molecular formula is C23H28N2O7S2. The van der Waals surface area contributed by atoms with Crippen LogP contribution in [-0.2, 0) is 19.6 Å². The molecule has 0 atom stereocenters. The summed E-state index contributed by atoms with van der Waals surface area (Å²) < 4.78 is 33.5. The number of thioether (sulfide) groups is 1. The highest BCUT2D eigenvalue weighted by molar-refractivity contribution is 7.99. The molecule has 3 N–H and O–H groups in total. The maximum atomic E-state index is 12.9. The molecule has 0 aliphatic carbocycles. The Labute approximate surface area is 203 Å². The van der Waals surface area contributed by atoms with Crippen molar-refractivity contribution in [3.63, 3.8) is 0 Å². The molecule has 0 saturated heterocycles. The van der Waals surface area contributed by atoms with Gasteiger partial charge in [0.05, 0.1) is 21.6 Å². The van der Waals surface area contributed by atoms with Crippen molar-refractivity contribution >= 4 is 45.3 Å². The van der Waals surface area contributed by atoms with Gasteiger partial charge in [0.25, 0.3) is 15.9 Å². The number of benzene rings is 2. The molecule has 2 aromatic rings. The summed E-state index contributed by atoms with van der Waals surface area (Å²) in [5.74, 6) is -1.40. The Balaban J connectivity index is 2.30. The summed E-state index contributed by atoms with van der Waals surface area (Å²) in [6.45, 7) is 6.51. The van der Waals surface area contributed by atoms with Gasteiger partial charge in [-0.25, -0.2) is 8.42 Å². The number of ether oxygens (including phenoxy) is 1. The first kappa shape index (κ1) is 27.2. The van der Waals surface area contributed by atoms with Gasteiger partial charge in [-0.3, -0.25) is 19.1 Å². The summed E-state index contributed by atoms with van der Waals surface area (Å²) in [4.78, 5) is 36.1. The number of hydrogen-bond acceptors (Lipinski definition) is 7. The summed E-state index contributed by atoms with van der Waals surface area (Å²) >= 11 is 1.49. The van der Waals surface area contributed by atoms with Crippen molar-refractivity contribution in [2.45, 2.75) is 43.9 Å². The molecule has 0 aliphatic heterocycles. The summed E-state index contributed by atoms with van der Waals surface area (Å²) in [6.07, 6.45) is 0.903. The highest BCUT2D eigenvalue weighted by Crippen LogP contribution is 2.28. The molecule has 9 nitrogen and oxygen atoms in total. The first-order chi connectivity index (χ1) is 15.8. The summed E-state index contributed by atoms with van der Waals surface area (Å²) in [5.41, 5.74) is -0.709. The average molecular weight is 509 g/mol. The normalized spacial score (nSPS) is 11.5. The largest absolute Gasteiger partial charge is 0.480 e. The molecular weight excluding hydrogens is 480 g/mol. The lowest BCUT2D eigenvalue weighted by Crippen LogP contribution is -2.30. The van der Waals surface area contributed by atoms with Crippen LogP contribution in [0, 0.1) is 5.41 Å². The minimum atomic E-state index is -4.10. The van der Waals surface area contributed by atoms with E-state index >= 15 is 0 Å². The van der Waals surface area contributed by atoms with Crippen molar-refractivity contribution in [1.29, 1.82) is 0 Å². The number of carboxylic acids is 1. The van der Waals surface area contributed by atoms with Gasteiger partial charge >= 0.3 is 11.9 Å². The van der Waals surface area contributed by atoms with Gasteiger partial charge < -0.3 is 15.2 Å². The number of esters is 1. The van der Waals surface area contributed by atoms with Crippen LogP contribution in [-0.4, -0.2) is 43.7 Å². The lowest BCUT2D eigenvalue weighted by atomic mass is 9.97. The van der Waals surface area contributed by atoms with E-state index in [0.29, 0.717) is 0 Å².